The van der Waals surface area contributed by atoms with E-state index in [1.807, 2.05) is 0 Å². The van der Waals surface area contributed by atoms with E-state index in [0.717, 1.165) is 6.42 Å². The van der Waals surface area contributed by atoms with Crippen LogP contribution in [0.15, 0.2) is 24.3 Å². The van der Waals surface area contributed by atoms with Gasteiger partial charge >= 0.3 is 6.03 Å². The minimum absolute atomic E-state index is 0.143. The highest BCUT2D eigenvalue weighted by Crippen LogP contribution is 2.22. The molecule has 3 amide bonds. The molecule has 128 valence electrons. The third kappa shape index (κ3) is 6.30. The lowest BCUT2D eigenvalue weighted by Crippen LogP contribution is -2.46. The van der Waals surface area contributed by atoms with Gasteiger partial charge in [-0.15, -0.1) is 0 Å². The van der Waals surface area contributed by atoms with Gasteiger partial charge in [-0.25, -0.2) is 4.79 Å². The number of carbonyl (C=O) groups excluding carboxylic acids is 2. The van der Waals surface area contributed by atoms with Gasteiger partial charge in [0.25, 0.3) is 0 Å². The Labute approximate surface area is 139 Å². The molecule has 0 aliphatic rings. The fourth-order valence-corrected chi connectivity index (χ4v) is 1.94. The van der Waals surface area contributed by atoms with Crippen LogP contribution in [0.1, 0.15) is 45.7 Å². The van der Waals surface area contributed by atoms with Crippen LogP contribution in [0.25, 0.3) is 0 Å². The Kier molecular flexibility index (Phi) is 6.19. The summed E-state index contributed by atoms with van der Waals surface area (Å²) in [6.45, 7) is 10.7. The molecule has 0 aliphatic carbocycles. The van der Waals surface area contributed by atoms with Gasteiger partial charge < -0.3 is 16.4 Å². The minimum Gasteiger partial charge on any atom is -0.369 e. The number of amides is 3. The first-order chi connectivity index (χ1) is 10.5. The van der Waals surface area contributed by atoms with Crippen molar-refractivity contribution in [2.75, 3.05) is 13.1 Å². The summed E-state index contributed by atoms with van der Waals surface area (Å²) in [5, 5.41) is 5.45. The molecule has 0 spiro atoms. The zero-order valence-electron chi connectivity index (χ0n) is 14.8. The molecule has 23 heavy (non-hydrogen) atoms. The van der Waals surface area contributed by atoms with Gasteiger partial charge in [-0.2, -0.15) is 0 Å². The lowest BCUT2D eigenvalue weighted by molar-refractivity contribution is -0.125. The maximum Gasteiger partial charge on any atom is 0.314 e. The van der Waals surface area contributed by atoms with Crippen LogP contribution < -0.4 is 16.4 Å². The van der Waals surface area contributed by atoms with E-state index in [1.165, 1.54) is 11.1 Å². The number of primary amides is 1. The SMILES string of the molecule is CC(C)(CNC(=O)NCCc1ccc(C(C)(C)C)cc1)C(N)=O. The fourth-order valence-electron chi connectivity index (χ4n) is 1.94. The standard InChI is InChI=1S/C18H29N3O2/c1-17(2,3)14-8-6-13(7-9-14)10-11-20-16(23)21-12-18(4,5)15(19)22/h6-9H,10-12H2,1-5H3,(H2,19,22)(H2,20,21,23). The molecule has 4 N–H and O–H groups in total. The molecule has 0 unspecified atom stereocenters. The van der Waals surface area contributed by atoms with Crippen LogP contribution in [-0.2, 0) is 16.6 Å². The van der Waals surface area contributed by atoms with E-state index < -0.39 is 11.3 Å². The zero-order valence-corrected chi connectivity index (χ0v) is 14.8. The first-order valence-corrected chi connectivity index (χ1v) is 7.93. The predicted octanol–water partition coefficient (Wildman–Crippen LogP) is 2.34. The highest BCUT2D eigenvalue weighted by atomic mass is 16.2. The molecule has 0 fully saturated rings. The molecular weight excluding hydrogens is 290 g/mol. The molecule has 0 aromatic heterocycles. The summed E-state index contributed by atoms with van der Waals surface area (Å²) in [6.07, 6.45) is 0.761. The van der Waals surface area contributed by atoms with Crippen molar-refractivity contribution in [2.45, 2.75) is 46.5 Å². The van der Waals surface area contributed by atoms with Crippen molar-refractivity contribution in [1.29, 1.82) is 0 Å². The molecule has 0 heterocycles. The Morgan fingerprint density at radius 2 is 1.57 bits per heavy atom. The molecule has 0 saturated heterocycles. The van der Waals surface area contributed by atoms with Crippen molar-refractivity contribution in [3.05, 3.63) is 35.4 Å². The minimum atomic E-state index is -0.750. The lowest BCUT2D eigenvalue weighted by atomic mass is 9.86. The second-order valence-corrected chi connectivity index (χ2v) is 7.55. The van der Waals surface area contributed by atoms with Gasteiger partial charge in [-0.3, -0.25) is 4.79 Å². The number of hydrogen-bond acceptors (Lipinski definition) is 2. The second kappa shape index (κ2) is 7.49. The summed E-state index contributed by atoms with van der Waals surface area (Å²) < 4.78 is 0. The maximum absolute atomic E-state index is 11.7. The Morgan fingerprint density at radius 1 is 1.00 bits per heavy atom. The van der Waals surface area contributed by atoms with E-state index in [2.05, 4.69) is 55.7 Å². The summed E-state index contributed by atoms with van der Waals surface area (Å²) in [6, 6.07) is 8.16. The number of urea groups is 1. The van der Waals surface area contributed by atoms with Crippen LogP contribution in [0.4, 0.5) is 4.79 Å². The summed E-state index contributed by atoms with van der Waals surface area (Å²) in [5.74, 6) is -0.434. The van der Waals surface area contributed by atoms with Gasteiger partial charge in [0.15, 0.2) is 0 Å². The van der Waals surface area contributed by atoms with E-state index in [4.69, 9.17) is 5.73 Å². The number of nitrogens with one attached hydrogen (secondary N) is 2. The lowest BCUT2D eigenvalue weighted by Gasteiger charge is -2.21. The summed E-state index contributed by atoms with van der Waals surface area (Å²) in [4.78, 5) is 22.9. The topological polar surface area (TPSA) is 84.2 Å². The molecule has 0 bridgehead atoms. The van der Waals surface area contributed by atoms with Crippen molar-refractivity contribution in [3.8, 4) is 0 Å². The first kappa shape index (κ1) is 19.0. The van der Waals surface area contributed by atoms with Crippen LogP contribution in [-0.4, -0.2) is 25.0 Å². The monoisotopic (exact) mass is 319 g/mol. The zero-order chi connectivity index (χ0) is 17.7. The molecule has 0 saturated carbocycles. The average Bonchev–Trinajstić information content (AvgIpc) is 2.44. The normalized spacial score (nSPS) is 11.9. The molecule has 0 radical (unpaired) electrons. The van der Waals surface area contributed by atoms with E-state index >= 15 is 0 Å². The van der Waals surface area contributed by atoms with Gasteiger partial charge in [0.05, 0.1) is 5.41 Å². The molecule has 1 rings (SSSR count). The summed E-state index contributed by atoms with van der Waals surface area (Å²) in [7, 11) is 0. The smallest absolute Gasteiger partial charge is 0.314 e. The Bertz CT molecular complexity index is 542. The van der Waals surface area contributed by atoms with Crippen LogP contribution in [0, 0.1) is 5.41 Å². The first-order valence-electron chi connectivity index (χ1n) is 7.93. The number of benzene rings is 1. The van der Waals surface area contributed by atoms with Gasteiger partial charge in [0.2, 0.25) is 5.91 Å². The van der Waals surface area contributed by atoms with Crippen LogP contribution >= 0.6 is 0 Å². The second-order valence-electron chi connectivity index (χ2n) is 7.55. The highest BCUT2D eigenvalue weighted by Gasteiger charge is 2.25. The van der Waals surface area contributed by atoms with Crippen LogP contribution in [0.2, 0.25) is 0 Å². The largest absolute Gasteiger partial charge is 0.369 e. The molecule has 5 heteroatoms. The number of hydrogen-bond donors (Lipinski definition) is 3. The van der Waals surface area contributed by atoms with E-state index in [-0.39, 0.29) is 18.0 Å². The van der Waals surface area contributed by atoms with Gasteiger partial charge in [0, 0.05) is 13.1 Å². The van der Waals surface area contributed by atoms with Crippen molar-refractivity contribution in [2.24, 2.45) is 11.1 Å². The highest BCUT2D eigenvalue weighted by molar-refractivity contribution is 5.81. The molecule has 0 aliphatic heterocycles. The van der Waals surface area contributed by atoms with E-state index in [9.17, 15) is 9.59 Å². The van der Waals surface area contributed by atoms with Crippen LogP contribution in [0.5, 0.6) is 0 Å². The molecule has 1 aromatic rings. The maximum atomic E-state index is 11.7. The summed E-state index contributed by atoms with van der Waals surface area (Å²) >= 11 is 0. The van der Waals surface area contributed by atoms with Gasteiger partial charge in [-0.05, 0) is 36.8 Å². The molecule has 1 aromatic carbocycles. The van der Waals surface area contributed by atoms with Crippen molar-refractivity contribution >= 4 is 11.9 Å². The predicted molar refractivity (Wildman–Crippen MR) is 93.2 cm³/mol. The number of carbonyl (C=O) groups is 2. The molecule has 5 nitrogen and oxygen atoms in total. The fraction of sp³-hybridized carbons (Fsp3) is 0.556. The Morgan fingerprint density at radius 3 is 2.04 bits per heavy atom. The van der Waals surface area contributed by atoms with Crippen molar-refractivity contribution in [3.63, 3.8) is 0 Å². The van der Waals surface area contributed by atoms with Crippen molar-refractivity contribution < 1.29 is 9.59 Å². The Balaban J connectivity index is 2.37. The summed E-state index contributed by atoms with van der Waals surface area (Å²) in [5.41, 5.74) is 7.13. The van der Waals surface area contributed by atoms with E-state index in [0.29, 0.717) is 6.54 Å². The van der Waals surface area contributed by atoms with E-state index in [1.54, 1.807) is 13.8 Å². The van der Waals surface area contributed by atoms with Gasteiger partial charge in [-0.1, -0.05) is 45.0 Å². The molecule has 0 atom stereocenters. The number of nitrogens with two attached hydrogens (primary N) is 1. The van der Waals surface area contributed by atoms with Crippen molar-refractivity contribution in [1.82, 2.24) is 10.6 Å². The van der Waals surface area contributed by atoms with Gasteiger partial charge in [0.1, 0.15) is 0 Å². The van der Waals surface area contributed by atoms with Crippen LogP contribution in [0.3, 0.4) is 0 Å². The average molecular weight is 319 g/mol. The number of rotatable bonds is 6. The third-order valence-corrected chi connectivity index (χ3v) is 3.88. The molecular formula is C18H29N3O2. The Hall–Kier alpha value is -2.04. The third-order valence-electron chi connectivity index (χ3n) is 3.88. The quantitative estimate of drug-likeness (QED) is 0.752.